The minimum absolute atomic E-state index is 0.0139. The first-order valence-electron chi connectivity index (χ1n) is 10.9. The van der Waals surface area contributed by atoms with Crippen molar-refractivity contribution < 1.29 is 23.9 Å². The maximum absolute atomic E-state index is 13.1. The number of carbonyl (C=O) groups excluding carboxylic acids is 4. The van der Waals surface area contributed by atoms with Gasteiger partial charge in [-0.25, -0.2) is 0 Å². The zero-order valence-corrected chi connectivity index (χ0v) is 18.9. The van der Waals surface area contributed by atoms with Gasteiger partial charge in [0.05, 0.1) is 37.2 Å². The van der Waals surface area contributed by atoms with E-state index in [0.717, 1.165) is 11.1 Å². The molecule has 0 saturated carbocycles. The molecule has 1 heterocycles. The number of benzene rings is 3. The molecule has 0 bridgehead atoms. The van der Waals surface area contributed by atoms with E-state index in [1.165, 1.54) is 12.0 Å². The second kappa shape index (κ2) is 9.70. The number of amides is 3. The van der Waals surface area contributed by atoms with Crippen molar-refractivity contribution in [3.63, 3.8) is 0 Å². The number of aryl methyl sites for hydroxylation is 1. The molecule has 1 atom stereocenters. The Morgan fingerprint density at radius 3 is 2.18 bits per heavy atom. The van der Waals surface area contributed by atoms with Crippen LogP contribution < -0.4 is 5.32 Å². The number of carbonyl (C=O) groups is 4. The second-order valence-corrected chi connectivity index (χ2v) is 8.16. The molecule has 0 aliphatic carbocycles. The van der Waals surface area contributed by atoms with Crippen LogP contribution >= 0.6 is 0 Å². The third-order valence-corrected chi connectivity index (χ3v) is 5.79. The quantitative estimate of drug-likeness (QED) is 0.431. The average Bonchev–Trinajstić information content (AvgIpc) is 3.09. The van der Waals surface area contributed by atoms with Crippen LogP contribution in [-0.2, 0) is 16.1 Å². The van der Waals surface area contributed by atoms with Crippen LogP contribution in [0.25, 0.3) is 0 Å². The fourth-order valence-corrected chi connectivity index (χ4v) is 3.92. The summed E-state index contributed by atoms with van der Waals surface area (Å²) in [5.74, 6) is -1.52. The van der Waals surface area contributed by atoms with E-state index in [4.69, 9.17) is 4.74 Å². The molecule has 4 rings (SSSR count). The summed E-state index contributed by atoms with van der Waals surface area (Å²) in [6, 6.07) is 20.4. The lowest BCUT2D eigenvalue weighted by Crippen LogP contribution is -2.31. The van der Waals surface area contributed by atoms with Crippen molar-refractivity contribution in [2.45, 2.75) is 25.9 Å². The largest absolute Gasteiger partial charge is 0.469 e. The molecule has 3 aromatic carbocycles. The second-order valence-electron chi connectivity index (χ2n) is 8.16. The maximum atomic E-state index is 13.1. The molecular formula is C27H24N2O5. The highest BCUT2D eigenvalue weighted by molar-refractivity contribution is 6.21. The van der Waals surface area contributed by atoms with E-state index in [2.05, 4.69) is 5.32 Å². The molecule has 7 heteroatoms. The first kappa shape index (κ1) is 22.9. The number of nitrogens with one attached hydrogen (secondary N) is 1. The molecule has 3 amide bonds. The number of hydrogen-bond acceptors (Lipinski definition) is 5. The van der Waals surface area contributed by atoms with Crippen molar-refractivity contribution >= 4 is 23.7 Å². The number of fused-ring (bicyclic) bond motifs is 1. The number of rotatable bonds is 7. The summed E-state index contributed by atoms with van der Waals surface area (Å²) in [5.41, 5.74) is 3.60. The number of esters is 1. The number of nitrogens with zero attached hydrogens (tertiary/aromatic N) is 1. The van der Waals surface area contributed by atoms with E-state index in [1.54, 1.807) is 48.5 Å². The van der Waals surface area contributed by atoms with Gasteiger partial charge in [-0.05, 0) is 42.3 Å². The van der Waals surface area contributed by atoms with Gasteiger partial charge in [0.15, 0.2) is 0 Å². The molecule has 0 spiro atoms. The topological polar surface area (TPSA) is 92.8 Å². The molecule has 0 aromatic heterocycles. The summed E-state index contributed by atoms with van der Waals surface area (Å²) in [4.78, 5) is 51.5. The van der Waals surface area contributed by atoms with Crippen LogP contribution in [0.4, 0.5) is 0 Å². The van der Waals surface area contributed by atoms with Gasteiger partial charge in [0, 0.05) is 5.56 Å². The Kier molecular flexibility index (Phi) is 6.54. The van der Waals surface area contributed by atoms with E-state index in [1.807, 2.05) is 31.2 Å². The monoisotopic (exact) mass is 456 g/mol. The van der Waals surface area contributed by atoms with Gasteiger partial charge < -0.3 is 10.1 Å². The van der Waals surface area contributed by atoms with Crippen molar-refractivity contribution in [2.24, 2.45) is 0 Å². The zero-order chi connectivity index (χ0) is 24.2. The van der Waals surface area contributed by atoms with Crippen molar-refractivity contribution in [1.82, 2.24) is 10.2 Å². The molecule has 1 aliphatic heterocycles. The van der Waals surface area contributed by atoms with E-state index in [-0.39, 0.29) is 30.7 Å². The van der Waals surface area contributed by atoms with Crippen LogP contribution in [0.5, 0.6) is 0 Å². The van der Waals surface area contributed by atoms with Gasteiger partial charge in [-0.3, -0.25) is 24.1 Å². The fourth-order valence-electron chi connectivity index (χ4n) is 3.92. The average molecular weight is 456 g/mol. The Balaban J connectivity index is 1.52. The van der Waals surface area contributed by atoms with Gasteiger partial charge in [0.2, 0.25) is 0 Å². The number of methoxy groups -OCH3 is 1. The molecular weight excluding hydrogens is 432 g/mol. The van der Waals surface area contributed by atoms with Gasteiger partial charge in [0.25, 0.3) is 17.7 Å². The Labute approximate surface area is 197 Å². The predicted octanol–water partition coefficient (Wildman–Crippen LogP) is 3.83. The van der Waals surface area contributed by atoms with Crippen molar-refractivity contribution in [3.05, 3.63) is 106 Å². The molecule has 1 N–H and O–H groups in total. The molecule has 1 unspecified atom stereocenters. The minimum Gasteiger partial charge on any atom is -0.469 e. The first-order chi connectivity index (χ1) is 16.4. The van der Waals surface area contributed by atoms with Gasteiger partial charge in [-0.1, -0.05) is 54.1 Å². The number of imide groups is 1. The van der Waals surface area contributed by atoms with Crippen LogP contribution in [-0.4, -0.2) is 35.7 Å². The van der Waals surface area contributed by atoms with E-state index in [0.29, 0.717) is 22.3 Å². The first-order valence-corrected chi connectivity index (χ1v) is 10.9. The maximum Gasteiger partial charge on any atom is 0.307 e. The summed E-state index contributed by atoms with van der Waals surface area (Å²) in [6.07, 6.45) is -0.0139. The van der Waals surface area contributed by atoms with Gasteiger partial charge in [-0.15, -0.1) is 0 Å². The van der Waals surface area contributed by atoms with Crippen LogP contribution in [0.15, 0.2) is 72.8 Å². The molecule has 0 fully saturated rings. The Morgan fingerprint density at radius 2 is 1.56 bits per heavy atom. The number of hydrogen-bond donors (Lipinski definition) is 1. The highest BCUT2D eigenvalue weighted by Gasteiger charge is 2.35. The predicted molar refractivity (Wildman–Crippen MR) is 125 cm³/mol. The lowest BCUT2D eigenvalue weighted by atomic mass is 10.0. The molecule has 34 heavy (non-hydrogen) atoms. The molecule has 0 saturated heterocycles. The van der Waals surface area contributed by atoms with E-state index in [9.17, 15) is 19.2 Å². The summed E-state index contributed by atoms with van der Waals surface area (Å²) in [7, 11) is 1.30. The summed E-state index contributed by atoms with van der Waals surface area (Å²) in [5, 5.41) is 2.90. The Hall–Kier alpha value is -4.26. The smallest absolute Gasteiger partial charge is 0.307 e. The lowest BCUT2D eigenvalue weighted by Gasteiger charge is -2.19. The fraction of sp³-hybridized carbons (Fsp3) is 0.185. The van der Waals surface area contributed by atoms with Crippen LogP contribution in [0.1, 0.15) is 60.2 Å². The van der Waals surface area contributed by atoms with Crippen LogP contribution in [0, 0.1) is 6.92 Å². The van der Waals surface area contributed by atoms with Gasteiger partial charge in [-0.2, -0.15) is 0 Å². The summed E-state index contributed by atoms with van der Waals surface area (Å²) in [6.45, 7) is 2.01. The van der Waals surface area contributed by atoms with E-state index < -0.39 is 12.0 Å². The van der Waals surface area contributed by atoms with Crippen molar-refractivity contribution in [3.8, 4) is 0 Å². The highest BCUT2D eigenvalue weighted by Crippen LogP contribution is 2.25. The third-order valence-electron chi connectivity index (χ3n) is 5.79. The Morgan fingerprint density at radius 1 is 0.912 bits per heavy atom. The standard InChI is InChI=1S/C27H24N2O5/c1-17-10-12-19(13-11-17)23(15-24(30)34-2)28-25(31)20-7-5-6-18(14-20)16-29-26(32)21-8-3-4-9-22(21)27(29)33/h3-14,23H,15-16H2,1-2H3,(H,28,31). The van der Waals surface area contributed by atoms with Gasteiger partial charge in [0.1, 0.15) is 0 Å². The molecule has 172 valence electrons. The highest BCUT2D eigenvalue weighted by atomic mass is 16.5. The summed E-state index contributed by atoms with van der Waals surface area (Å²) < 4.78 is 4.79. The molecule has 1 aliphatic rings. The van der Waals surface area contributed by atoms with Crippen molar-refractivity contribution in [1.29, 1.82) is 0 Å². The minimum atomic E-state index is -0.569. The van der Waals surface area contributed by atoms with Crippen LogP contribution in [0.3, 0.4) is 0 Å². The zero-order valence-electron chi connectivity index (χ0n) is 18.9. The van der Waals surface area contributed by atoms with Crippen molar-refractivity contribution in [2.75, 3.05) is 7.11 Å². The lowest BCUT2D eigenvalue weighted by molar-refractivity contribution is -0.141. The SMILES string of the molecule is COC(=O)CC(NC(=O)c1cccc(CN2C(=O)c3ccccc3C2=O)c1)c1ccc(C)cc1. The number of ether oxygens (including phenoxy) is 1. The van der Waals surface area contributed by atoms with E-state index >= 15 is 0 Å². The Bertz CT molecular complexity index is 1230. The third kappa shape index (κ3) is 4.73. The van der Waals surface area contributed by atoms with Gasteiger partial charge >= 0.3 is 5.97 Å². The normalized spacial score (nSPS) is 13.4. The molecule has 3 aromatic rings. The molecule has 0 radical (unpaired) electrons. The summed E-state index contributed by atoms with van der Waals surface area (Å²) >= 11 is 0. The molecule has 7 nitrogen and oxygen atoms in total. The van der Waals surface area contributed by atoms with Crippen LogP contribution in [0.2, 0.25) is 0 Å².